The summed E-state index contributed by atoms with van der Waals surface area (Å²) in [5.41, 5.74) is 1.52. The number of quaternary nitrogens is 1. The molecular weight excluding hydrogens is 529 g/mol. The summed E-state index contributed by atoms with van der Waals surface area (Å²) in [5.74, 6) is -2.71. The maximum Gasteiger partial charge on any atom is 0.587 e. The number of aliphatic hydroxyl groups excluding tert-OH is 1. The molecule has 0 unspecified atom stereocenters. The lowest BCUT2D eigenvalue weighted by atomic mass is 9.51. The van der Waals surface area contributed by atoms with Crippen LogP contribution in [0.25, 0.3) is 11.3 Å². The second-order valence-electron chi connectivity index (χ2n) is 11.9. The van der Waals surface area contributed by atoms with Crippen LogP contribution < -0.4 is 5.32 Å². The molecule has 0 radical (unpaired) electrons. The van der Waals surface area contributed by atoms with E-state index in [2.05, 4.69) is 10.3 Å². The Morgan fingerprint density at radius 1 is 1.02 bits per heavy atom. The topological polar surface area (TPSA) is 141 Å². The average Bonchev–Trinajstić information content (AvgIpc) is 3.31. The third-order valence-electron chi connectivity index (χ3n) is 8.78. The number of pyridine rings is 1. The molecule has 3 saturated heterocycles. The number of ether oxygens (including phenoxy) is 1. The minimum absolute atomic E-state index is 0.0664. The van der Waals surface area contributed by atoms with Crippen molar-refractivity contribution in [3.8, 4) is 11.3 Å². The Balaban J connectivity index is 1.40. The monoisotopic (exact) mass is 565 g/mol. The molecule has 11 nitrogen and oxygen atoms in total. The number of nitrogens with zero attached hydrogens (tertiary/aromatic N) is 2. The molecule has 1 amide bonds. The van der Waals surface area contributed by atoms with E-state index in [9.17, 15) is 24.3 Å². The van der Waals surface area contributed by atoms with Gasteiger partial charge in [-0.1, -0.05) is 56.7 Å². The highest BCUT2D eigenvalue weighted by Crippen LogP contribution is 2.52. The molecule has 2 N–H and O–H groups in total. The molecule has 5 rings (SSSR count). The van der Waals surface area contributed by atoms with Gasteiger partial charge < -0.3 is 28.9 Å². The molecule has 12 heteroatoms. The van der Waals surface area contributed by atoms with Crippen LogP contribution in [0.1, 0.15) is 44.1 Å². The summed E-state index contributed by atoms with van der Waals surface area (Å²) < 4.78 is 17.3. The number of likely N-dealkylation sites (N-methyl/N-ethyl adjacent to an activating group) is 1. The van der Waals surface area contributed by atoms with Crippen molar-refractivity contribution in [1.82, 2.24) is 10.3 Å². The third-order valence-corrected chi connectivity index (χ3v) is 8.78. The van der Waals surface area contributed by atoms with E-state index in [1.54, 1.807) is 19.2 Å². The SMILES string of the molecule is CC(C)C[C@H](CC(=O)[C@@H](NC(=O)c1cccc(-c2ccccc2)n1)[C@@H](C)O)[B-]12OC(=O)[C@@H]3COC[C@@H](C(=O)O1)[N+]32C. The fourth-order valence-electron chi connectivity index (χ4n) is 6.72. The highest BCUT2D eigenvalue weighted by Gasteiger charge is 2.77. The van der Waals surface area contributed by atoms with E-state index in [4.69, 9.17) is 14.0 Å². The van der Waals surface area contributed by atoms with Gasteiger partial charge in [-0.15, -0.1) is 0 Å². The Kier molecular flexibility index (Phi) is 7.75. The van der Waals surface area contributed by atoms with Crippen LogP contribution in [0.4, 0.5) is 0 Å². The van der Waals surface area contributed by atoms with E-state index in [1.807, 2.05) is 44.2 Å². The molecule has 4 heterocycles. The van der Waals surface area contributed by atoms with Crippen LogP contribution >= 0.6 is 0 Å². The molecule has 3 fully saturated rings. The third kappa shape index (κ3) is 4.94. The second kappa shape index (κ2) is 11.0. The van der Waals surface area contributed by atoms with Crippen molar-refractivity contribution in [2.75, 3.05) is 20.3 Å². The van der Waals surface area contributed by atoms with Crippen LogP contribution in [-0.2, 0) is 28.4 Å². The van der Waals surface area contributed by atoms with Gasteiger partial charge >= 0.3 is 18.6 Å². The molecule has 2 aromatic rings. The van der Waals surface area contributed by atoms with Gasteiger partial charge in [-0.3, -0.25) is 9.59 Å². The number of morpholine rings is 1. The van der Waals surface area contributed by atoms with Gasteiger partial charge in [0.05, 0.1) is 11.8 Å². The average molecular weight is 565 g/mol. The number of aliphatic hydroxyl groups is 1. The lowest BCUT2D eigenvalue weighted by Crippen LogP contribution is -2.72. The number of carbonyl (C=O) groups excluding carboxylic acids is 4. The van der Waals surface area contributed by atoms with Crippen LogP contribution in [0.15, 0.2) is 48.5 Å². The number of carbonyl (C=O) groups is 4. The largest absolute Gasteiger partial charge is 0.600 e. The summed E-state index contributed by atoms with van der Waals surface area (Å²) in [6.07, 6.45) is -0.985. The predicted octanol–water partition coefficient (Wildman–Crippen LogP) is 1.87. The van der Waals surface area contributed by atoms with Crippen LogP contribution in [0.3, 0.4) is 0 Å². The molecule has 3 aliphatic heterocycles. The predicted molar refractivity (Wildman–Crippen MR) is 148 cm³/mol. The zero-order valence-electron chi connectivity index (χ0n) is 23.7. The molecular formula is C29H36BN3O8. The van der Waals surface area contributed by atoms with Gasteiger partial charge in [0.15, 0.2) is 17.9 Å². The highest BCUT2D eigenvalue weighted by molar-refractivity contribution is 6.68. The minimum atomic E-state index is -2.60. The number of aromatic nitrogens is 1. The number of rotatable bonds is 10. The standard InChI is InChI=1S/C29H36BN3O8/c1-17(2)13-20(30-33(4)23(28(37)40-30)15-39-16-24(33)29(38)41-30)14-25(35)26(18(3)34)32-27(36)22-12-8-11-21(31-22)19-9-6-5-7-10-19/h5-12,17-18,20,23-24,26,34H,13-16H2,1-4H3,(H,32,36)/t18-,20-,23+,24+,26+,30?,33?/m1/s1. The molecule has 41 heavy (non-hydrogen) atoms. The van der Waals surface area contributed by atoms with Crippen LogP contribution in [-0.4, -0.2) is 89.3 Å². The normalized spacial score (nSPS) is 28.8. The second-order valence-corrected chi connectivity index (χ2v) is 11.9. The van der Waals surface area contributed by atoms with Gasteiger partial charge in [-0.25, -0.2) is 14.6 Å². The van der Waals surface area contributed by atoms with Gasteiger partial charge in [0.25, 0.3) is 5.91 Å². The number of nitrogens with one attached hydrogen (secondary N) is 1. The maximum atomic E-state index is 13.8. The first-order valence-electron chi connectivity index (χ1n) is 14.1. The summed E-state index contributed by atoms with van der Waals surface area (Å²) in [5, 5.41) is 13.2. The molecule has 0 spiro atoms. The lowest BCUT2D eigenvalue weighted by molar-refractivity contribution is -0.854. The van der Waals surface area contributed by atoms with E-state index in [0.29, 0.717) is 12.1 Å². The molecule has 5 atom stereocenters. The van der Waals surface area contributed by atoms with Gasteiger partial charge in [-0.2, -0.15) is 0 Å². The van der Waals surface area contributed by atoms with Gasteiger partial charge in [-0.05, 0) is 37.2 Å². The number of ketones is 1. The molecule has 0 bridgehead atoms. The van der Waals surface area contributed by atoms with Crippen molar-refractivity contribution < 1.29 is 42.7 Å². The maximum absolute atomic E-state index is 13.8. The zero-order valence-corrected chi connectivity index (χ0v) is 23.7. The molecule has 1 aromatic carbocycles. The van der Waals surface area contributed by atoms with Crippen LogP contribution in [0, 0.1) is 5.92 Å². The highest BCUT2D eigenvalue weighted by atomic mass is 16.7. The summed E-state index contributed by atoms with van der Waals surface area (Å²) in [7, 11) is 1.77. The zero-order chi connectivity index (χ0) is 29.5. The van der Waals surface area contributed by atoms with Gasteiger partial charge in [0.1, 0.15) is 24.9 Å². The Bertz CT molecular complexity index is 1320. The van der Waals surface area contributed by atoms with Crippen molar-refractivity contribution in [2.24, 2.45) is 5.92 Å². The number of hydrogen-bond acceptors (Lipinski definition) is 9. The summed E-state index contributed by atoms with van der Waals surface area (Å²) >= 11 is 0. The van der Waals surface area contributed by atoms with Crippen molar-refractivity contribution in [3.63, 3.8) is 0 Å². The lowest BCUT2D eigenvalue weighted by Gasteiger charge is -2.51. The molecule has 0 aliphatic carbocycles. The van der Waals surface area contributed by atoms with Gasteiger partial charge in [0, 0.05) is 12.6 Å². The number of amides is 1. The van der Waals surface area contributed by atoms with E-state index in [-0.39, 0.29) is 35.6 Å². The molecule has 3 aliphatic rings. The van der Waals surface area contributed by atoms with Crippen LogP contribution in [0.2, 0.25) is 5.82 Å². The Morgan fingerprint density at radius 2 is 1.66 bits per heavy atom. The van der Waals surface area contributed by atoms with E-state index < -0.39 is 60.4 Å². The summed E-state index contributed by atoms with van der Waals surface area (Å²) in [4.78, 5) is 57.4. The van der Waals surface area contributed by atoms with Crippen molar-refractivity contribution in [1.29, 1.82) is 0 Å². The molecule has 0 saturated carbocycles. The number of hydrogen-bond donors (Lipinski definition) is 2. The van der Waals surface area contributed by atoms with Crippen LogP contribution in [0.5, 0.6) is 0 Å². The summed E-state index contributed by atoms with van der Waals surface area (Å²) in [6.45, 7) is 2.93. The first-order chi connectivity index (χ1) is 19.5. The Morgan fingerprint density at radius 3 is 2.24 bits per heavy atom. The molecule has 1 aromatic heterocycles. The van der Waals surface area contributed by atoms with Crippen molar-refractivity contribution in [3.05, 3.63) is 54.2 Å². The smallest absolute Gasteiger partial charge is 0.587 e. The fourth-order valence-corrected chi connectivity index (χ4v) is 6.72. The summed E-state index contributed by atoms with van der Waals surface area (Å²) in [6, 6.07) is 11.7. The van der Waals surface area contributed by atoms with E-state index in [0.717, 1.165) is 5.56 Å². The first-order valence-corrected chi connectivity index (χ1v) is 14.1. The van der Waals surface area contributed by atoms with E-state index in [1.165, 1.54) is 13.0 Å². The van der Waals surface area contributed by atoms with Crippen molar-refractivity contribution in [2.45, 2.75) is 63.7 Å². The minimum Gasteiger partial charge on any atom is -0.600 e. The first kappa shape index (κ1) is 28.9. The number of Topliss-reactive ketones (excluding diaryl/α,β-unsaturated/α-hetero) is 1. The Labute approximate surface area is 238 Å². The Hall–Kier alpha value is -3.61. The van der Waals surface area contributed by atoms with E-state index >= 15 is 0 Å². The fraction of sp³-hybridized carbons (Fsp3) is 0.483. The quantitative estimate of drug-likeness (QED) is 0.413. The van der Waals surface area contributed by atoms with Crippen molar-refractivity contribution >= 4 is 30.3 Å². The van der Waals surface area contributed by atoms with Gasteiger partial charge in [0.2, 0.25) is 0 Å². The number of benzene rings is 1. The molecule has 218 valence electrons.